The zero-order valence-corrected chi connectivity index (χ0v) is 21.0. The highest BCUT2D eigenvalue weighted by Crippen LogP contribution is 2.27. The summed E-state index contributed by atoms with van der Waals surface area (Å²) in [6.07, 6.45) is -1.19. The van der Waals surface area contributed by atoms with Crippen LogP contribution in [0.15, 0.2) is 77.8 Å². The van der Waals surface area contributed by atoms with Gasteiger partial charge in [0.25, 0.3) is 5.91 Å². The summed E-state index contributed by atoms with van der Waals surface area (Å²) in [5, 5.41) is 8.44. The maximum Gasteiger partial charge on any atom is 0.319 e. The van der Waals surface area contributed by atoms with E-state index in [9.17, 15) is 14.4 Å². The summed E-state index contributed by atoms with van der Waals surface area (Å²) in [5.41, 5.74) is 3.15. The van der Waals surface area contributed by atoms with Crippen molar-refractivity contribution in [1.82, 2.24) is 10.6 Å². The first kappa shape index (κ1) is 25.2. The minimum absolute atomic E-state index is 0.254. The lowest BCUT2D eigenvalue weighted by atomic mass is 10.0. The Bertz CT molecular complexity index is 1350. The van der Waals surface area contributed by atoms with Crippen molar-refractivity contribution in [3.63, 3.8) is 0 Å². The molecule has 8 nitrogen and oxygen atoms in total. The van der Waals surface area contributed by atoms with Crippen LogP contribution in [0.4, 0.5) is 16.2 Å². The van der Waals surface area contributed by atoms with Gasteiger partial charge in [0.05, 0.1) is 22.1 Å². The van der Waals surface area contributed by atoms with Crippen LogP contribution in [0.25, 0.3) is 0 Å². The Labute approximate surface area is 218 Å². The van der Waals surface area contributed by atoms with Crippen molar-refractivity contribution in [3.05, 3.63) is 94.0 Å². The van der Waals surface area contributed by atoms with E-state index in [0.717, 1.165) is 11.1 Å². The van der Waals surface area contributed by atoms with Crippen molar-refractivity contribution in [2.75, 3.05) is 17.3 Å². The average Bonchev–Trinajstić information content (AvgIpc) is 2.97. The fourth-order valence-electron chi connectivity index (χ4n) is 3.71. The first-order valence-corrected chi connectivity index (χ1v) is 11.8. The van der Waals surface area contributed by atoms with Gasteiger partial charge in [-0.1, -0.05) is 71.7 Å². The van der Waals surface area contributed by atoms with E-state index in [0.29, 0.717) is 22.1 Å². The number of anilines is 2. The smallest absolute Gasteiger partial charge is 0.319 e. The molecule has 0 aliphatic carbocycles. The number of para-hydroxylation sites is 1. The van der Waals surface area contributed by atoms with E-state index < -0.39 is 30.1 Å². The van der Waals surface area contributed by atoms with E-state index in [4.69, 9.17) is 23.2 Å². The van der Waals surface area contributed by atoms with E-state index in [-0.39, 0.29) is 5.02 Å². The average molecular weight is 524 g/mol. The second-order valence-electron chi connectivity index (χ2n) is 8.11. The molecule has 0 spiro atoms. The predicted molar refractivity (Wildman–Crippen MR) is 142 cm³/mol. The van der Waals surface area contributed by atoms with Gasteiger partial charge in [-0.25, -0.2) is 9.79 Å². The number of urea groups is 1. The minimum Gasteiger partial charge on any atom is -0.326 e. The first-order chi connectivity index (χ1) is 17.2. The van der Waals surface area contributed by atoms with E-state index in [1.54, 1.807) is 19.2 Å². The van der Waals surface area contributed by atoms with Crippen LogP contribution in [-0.4, -0.2) is 42.8 Å². The minimum atomic E-state index is -1.19. The van der Waals surface area contributed by atoms with E-state index in [1.807, 2.05) is 54.6 Å². The Kier molecular flexibility index (Phi) is 7.57. The number of fused-ring (bicyclic) bond motifs is 1. The lowest BCUT2D eigenvalue weighted by Gasteiger charge is -2.22. The number of rotatable bonds is 5. The number of nitrogens with zero attached hydrogens (tertiary/aromatic N) is 2. The Morgan fingerprint density at radius 3 is 2.42 bits per heavy atom. The van der Waals surface area contributed by atoms with Crippen LogP contribution >= 0.6 is 23.2 Å². The Morgan fingerprint density at radius 1 is 1.00 bits per heavy atom. The number of likely N-dealkylation sites (N-methyl/N-ethyl adjacent to an activating group) is 1. The van der Waals surface area contributed by atoms with Gasteiger partial charge >= 0.3 is 6.03 Å². The fourth-order valence-corrected chi connectivity index (χ4v) is 4.17. The molecule has 0 fully saturated rings. The SMILES string of the molecule is C[C@H](NC(=O)Nc1ccc(Cl)cc1Cl)C(=O)N[C@H]1N=C(c2ccccc2)c2ccccc2N(C)C1=O. The molecule has 0 bridgehead atoms. The largest absolute Gasteiger partial charge is 0.326 e. The van der Waals surface area contributed by atoms with Crippen molar-refractivity contribution in [1.29, 1.82) is 0 Å². The summed E-state index contributed by atoms with van der Waals surface area (Å²) >= 11 is 12.0. The number of benzene rings is 3. The van der Waals surface area contributed by atoms with Crippen LogP contribution in [0.1, 0.15) is 18.1 Å². The second kappa shape index (κ2) is 10.8. The molecular weight excluding hydrogens is 501 g/mol. The molecule has 1 aliphatic heterocycles. The number of benzodiazepines with no additional fused rings is 1. The molecule has 0 aromatic heterocycles. The number of aliphatic imine (C=N–C) groups is 1. The first-order valence-electron chi connectivity index (χ1n) is 11.1. The van der Waals surface area contributed by atoms with Crippen molar-refractivity contribution in [2.24, 2.45) is 4.99 Å². The van der Waals surface area contributed by atoms with Crippen LogP contribution < -0.4 is 20.9 Å². The third-order valence-electron chi connectivity index (χ3n) is 5.59. The number of nitrogens with one attached hydrogen (secondary N) is 3. The summed E-state index contributed by atoms with van der Waals surface area (Å²) < 4.78 is 0. The van der Waals surface area contributed by atoms with Crippen LogP contribution in [0, 0.1) is 0 Å². The van der Waals surface area contributed by atoms with Crippen LogP contribution in [0.3, 0.4) is 0 Å². The molecule has 4 amide bonds. The zero-order chi connectivity index (χ0) is 25.8. The Balaban J connectivity index is 1.53. The molecule has 1 aliphatic rings. The third-order valence-corrected chi connectivity index (χ3v) is 6.14. The summed E-state index contributed by atoms with van der Waals surface area (Å²) in [6, 6.07) is 19.8. The summed E-state index contributed by atoms with van der Waals surface area (Å²) in [5.74, 6) is -0.993. The molecule has 3 aromatic rings. The van der Waals surface area contributed by atoms with Crippen molar-refractivity contribution >= 4 is 58.1 Å². The number of carbonyl (C=O) groups excluding carboxylic acids is 3. The topological polar surface area (TPSA) is 103 Å². The summed E-state index contributed by atoms with van der Waals surface area (Å²) in [4.78, 5) is 44.7. The molecule has 0 unspecified atom stereocenters. The zero-order valence-electron chi connectivity index (χ0n) is 19.5. The molecule has 36 heavy (non-hydrogen) atoms. The molecule has 2 atom stereocenters. The highest BCUT2D eigenvalue weighted by Gasteiger charge is 2.32. The highest BCUT2D eigenvalue weighted by molar-refractivity contribution is 6.36. The van der Waals surface area contributed by atoms with Gasteiger partial charge in [0.15, 0.2) is 0 Å². The van der Waals surface area contributed by atoms with Crippen LogP contribution in [0.5, 0.6) is 0 Å². The van der Waals surface area contributed by atoms with E-state index in [1.165, 1.54) is 17.9 Å². The Hall–Kier alpha value is -3.88. The van der Waals surface area contributed by atoms with Gasteiger partial charge < -0.3 is 20.9 Å². The molecule has 0 saturated heterocycles. The molecule has 10 heteroatoms. The molecule has 3 N–H and O–H groups in total. The van der Waals surface area contributed by atoms with Crippen molar-refractivity contribution in [3.8, 4) is 0 Å². The lowest BCUT2D eigenvalue weighted by Crippen LogP contribution is -2.52. The molecule has 1 heterocycles. The molecular formula is C26H23Cl2N5O3. The molecule has 3 aromatic carbocycles. The monoisotopic (exact) mass is 523 g/mol. The molecule has 4 rings (SSSR count). The maximum atomic E-state index is 13.3. The molecule has 0 saturated carbocycles. The van der Waals surface area contributed by atoms with Gasteiger partial charge in [0.1, 0.15) is 6.04 Å². The standard InChI is InChI=1S/C26H23Cl2N5O3/c1-15(29-26(36)30-20-13-12-17(27)14-19(20)28)24(34)32-23-25(35)33(2)21-11-7-6-10-18(21)22(31-23)16-8-4-3-5-9-16/h3-15,23H,1-2H3,(H,32,34)(H2,29,30,36)/t15-,23+/m0/s1. The predicted octanol–water partition coefficient (Wildman–Crippen LogP) is 4.46. The van der Waals surface area contributed by atoms with Crippen molar-refractivity contribution in [2.45, 2.75) is 19.1 Å². The molecule has 0 radical (unpaired) electrons. The van der Waals surface area contributed by atoms with E-state index >= 15 is 0 Å². The lowest BCUT2D eigenvalue weighted by molar-refractivity contribution is -0.128. The Morgan fingerprint density at radius 2 is 1.69 bits per heavy atom. The van der Waals surface area contributed by atoms with Crippen molar-refractivity contribution < 1.29 is 14.4 Å². The maximum absolute atomic E-state index is 13.3. The van der Waals surface area contributed by atoms with Gasteiger partial charge in [0.2, 0.25) is 12.1 Å². The van der Waals surface area contributed by atoms with Gasteiger partial charge in [-0.05, 0) is 31.2 Å². The summed E-state index contributed by atoms with van der Waals surface area (Å²) in [7, 11) is 1.63. The highest BCUT2D eigenvalue weighted by atomic mass is 35.5. The van der Waals surface area contributed by atoms with Gasteiger partial charge in [-0.15, -0.1) is 0 Å². The molecule has 184 valence electrons. The summed E-state index contributed by atoms with van der Waals surface area (Å²) in [6.45, 7) is 1.50. The van der Waals surface area contributed by atoms with Gasteiger partial charge in [0, 0.05) is 23.2 Å². The number of carbonyl (C=O) groups is 3. The van der Waals surface area contributed by atoms with Gasteiger partial charge in [-0.3, -0.25) is 9.59 Å². The quantitative estimate of drug-likeness (QED) is 0.459. The van der Waals surface area contributed by atoms with Crippen LogP contribution in [-0.2, 0) is 9.59 Å². The number of hydrogen-bond acceptors (Lipinski definition) is 4. The second-order valence-corrected chi connectivity index (χ2v) is 8.96. The normalized spacial score (nSPS) is 15.8. The number of hydrogen-bond donors (Lipinski definition) is 3. The van der Waals surface area contributed by atoms with Crippen LogP contribution in [0.2, 0.25) is 10.0 Å². The number of halogens is 2. The third kappa shape index (κ3) is 5.50. The van der Waals surface area contributed by atoms with Gasteiger partial charge in [-0.2, -0.15) is 0 Å². The fraction of sp³-hybridized carbons (Fsp3) is 0.154. The van der Waals surface area contributed by atoms with E-state index in [2.05, 4.69) is 20.9 Å². The number of amides is 4.